The standard InChI is InChI=1S/C34H59N3O.ClH/c1-4-5-6-7-8-9-10-11-12-13-14-15-16-17-18-19-20-21-22-28-33-35-32-27-24-23-26-31(32)34(38)37(33)30-25-29-36(2)3;/h23-24,26-27H,4-22,25,28-30H2,1-3H3;1H. The summed E-state index contributed by atoms with van der Waals surface area (Å²) in [5.41, 5.74) is 0.969. The van der Waals surface area contributed by atoms with Crippen molar-refractivity contribution in [2.45, 2.75) is 148 Å². The number of halogens is 1. The Morgan fingerprint density at radius 2 is 1.13 bits per heavy atom. The number of aromatic nitrogens is 2. The summed E-state index contributed by atoms with van der Waals surface area (Å²) in [5.74, 6) is 0.972. The molecule has 0 bridgehead atoms. The van der Waals surface area contributed by atoms with E-state index in [2.05, 4.69) is 25.9 Å². The predicted octanol–water partition coefficient (Wildman–Crippen LogP) is 9.74. The molecule has 0 unspecified atom stereocenters. The Bertz CT molecular complexity index is 911. The van der Waals surface area contributed by atoms with E-state index in [0.29, 0.717) is 0 Å². The molecule has 224 valence electrons. The van der Waals surface area contributed by atoms with Crippen molar-refractivity contribution in [3.8, 4) is 0 Å². The van der Waals surface area contributed by atoms with Crippen LogP contribution in [0.1, 0.15) is 141 Å². The normalized spacial score (nSPS) is 11.4. The van der Waals surface area contributed by atoms with Crippen LogP contribution in [0.2, 0.25) is 0 Å². The number of para-hydroxylation sites is 1. The van der Waals surface area contributed by atoms with Gasteiger partial charge < -0.3 is 4.90 Å². The second-order valence-electron chi connectivity index (χ2n) is 11.8. The third kappa shape index (κ3) is 15.8. The zero-order chi connectivity index (χ0) is 27.3. The van der Waals surface area contributed by atoms with Crippen LogP contribution in [0.4, 0.5) is 0 Å². The van der Waals surface area contributed by atoms with E-state index in [1.165, 1.54) is 116 Å². The van der Waals surface area contributed by atoms with E-state index in [9.17, 15) is 4.79 Å². The molecule has 1 aromatic heterocycles. The lowest BCUT2D eigenvalue weighted by atomic mass is 10.0. The highest BCUT2D eigenvalue weighted by molar-refractivity contribution is 5.85. The molecule has 1 heterocycles. The summed E-state index contributed by atoms with van der Waals surface area (Å²) in [4.78, 5) is 20.2. The van der Waals surface area contributed by atoms with Gasteiger partial charge in [-0.05, 0) is 45.6 Å². The Morgan fingerprint density at radius 3 is 1.62 bits per heavy atom. The highest BCUT2D eigenvalue weighted by Gasteiger charge is 2.10. The molecule has 0 atom stereocenters. The number of aryl methyl sites for hydroxylation is 1. The molecule has 0 aliphatic heterocycles. The third-order valence-corrected chi connectivity index (χ3v) is 7.93. The molecule has 39 heavy (non-hydrogen) atoms. The topological polar surface area (TPSA) is 38.1 Å². The molecule has 5 heteroatoms. The molecule has 0 fully saturated rings. The van der Waals surface area contributed by atoms with Gasteiger partial charge >= 0.3 is 0 Å². The van der Waals surface area contributed by atoms with E-state index in [-0.39, 0.29) is 18.0 Å². The van der Waals surface area contributed by atoms with E-state index in [0.717, 1.165) is 49.1 Å². The van der Waals surface area contributed by atoms with E-state index in [1.807, 2.05) is 28.8 Å². The van der Waals surface area contributed by atoms with Gasteiger partial charge in [0, 0.05) is 13.0 Å². The van der Waals surface area contributed by atoms with Gasteiger partial charge in [-0.1, -0.05) is 135 Å². The molecule has 0 spiro atoms. The summed E-state index contributed by atoms with van der Waals surface area (Å²) in [6, 6.07) is 7.80. The van der Waals surface area contributed by atoms with Crippen LogP contribution in [0, 0.1) is 0 Å². The fourth-order valence-corrected chi connectivity index (χ4v) is 5.54. The molecular weight excluding hydrogens is 502 g/mol. The molecule has 0 saturated heterocycles. The Labute approximate surface area is 246 Å². The zero-order valence-corrected chi connectivity index (χ0v) is 26.5. The largest absolute Gasteiger partial charge is 0.309 e. The van der Waals surface area contributed by atoms with Gasteiger partial charge in [0.05, 0.1) is 10.9 Å². The molecular formula is C34H60ClN3O. The van der Waals surface area contributed by atoms with E-state index in [4.69, 9.17) is 4.98 Å². The van der Waals surface area contributed by atoms with E-state index >= 15 is 0 Å². The molecule has 0 radical (unpaired) electrons. The second kappa shape index (κ2) is 23.3. The summed E-state index contributed by atoms with van der Waals surface area (Å²) in [7, 11) is 4.17. The lowest BCUT2D eigenvalue weighted by Crippen LogP contribution is -2.27. The van der Waals surface area contributed by atoms with Crippen LogP contribution in [-0.2, 0) is 13.0 Å². The van der Waals surface area contributed by atoms with Crippen LogP contribution in [0.5, 0.6) is 0 Å². The number of unbranched alkanes of at least 4 members (excludes halogenated alkanes) is 18. The lowest BCUT2D eigenvalue weighted by Gasteiger charge is -2.15. The summed E-state index contributed by atoms with van der Waals surface area (Å²) in [6.45, 7) is 4.03. The molecule has 2 rings (SSSR count). The summed E-state index contributed by atoms with van der Waals surface area (Å²) in [5, 5.41) is 0.745. The Morgan fingerprint density at radius 1 is 0.667 bits per heavy atom. The maximum absolute atomic E-state index is 13.1. The number of rotatable bonds is 24. The van der Waals surface area contributed by atoms with Crippen LogP contribution in [0.3, 0.4) is 0 Å². The molecule has 0 amide bonds. The van der Waals surface area contributed by atoms with Gasteiger partial charge in [0.2, 0.25) is 0 Å². The maximum Gasteiger partial charge on any atom is 0.261 e. The number of hydrogen-bond acceptors (Lipinski definition) is 3. The summed E-state index contributed by atoms with van der Waals surface area (Å²) < 4.78 is 1.94. The van der Waals surface area contributed by atoms with E-state index < -0.39 is 0 Å². The first-order valence-corrected chi connectivity index (χ1v) is 16.3. The minimum atomic E-state index is 0. The van der Waals surface area contributed by atoms with Crippen LogP contribution in [0.15, 0.2) is 29.1 Å². The van der Waals surface area contributed by atoms with Crippen LogP contribution in [-0.4, -0.2) is 35.1 Å². The number of hydrogen-bond donors (Lipinski definition) is 0. The lowest BCUT2D eigenvalue weighted by molar-refractivity contribution is 0.382. The summed E-state index contributed by atoms with van der Waals surface area (Å²) in [6.07, 6.45) is 28.3. The van der Waals surface area contributed by atoms with Crippen molar-refractivity contribution in [3.63, 3.8) is 0 Å². The van der Waals surface area contributed by atoms with Gasteiger partial charge in [-0.2, -0.15) is 0 Å². The highest BCUT2D eigenvalue weighted by Crippen LogP contribution is 2.16. The highest BCUT2D eigenvalue weighted by atomic mass is 35.5. The minimum absolute atomic E-state index is 0. The SMILES string of the molecule is CCCCCCCCCCCCCCCCCCCCCc1nc2ccccc2c(=O)n1CCCN(C)C.Cl. The molecule has 0 aliphatic carbocycles. The first kappa shape index (κ1) is 35.6. The molecule has 0 N–H and O–H groups in total. The molecule has 0 aliphatic rings. The Balaban J connectivity index is 0.00000760. The average molecular weight is 562 g/mol. The monoisotopic (exact) mass is 561 g/mol. The fraction of sp³-hybridized carbons (Fsp3) is 0.765. The first-order valence-electron chi connectivity index (χ1n) is 16.3. The molecule has 0 saturated carbocycles. The van der Waals surface area contributed by atoms with Gasteiger partial charge in [-0.15, -0.1) is 12.4 Å². The quantitative estimate of drug-likeness (QED) is 0.120. The number of benzene rings is 1. The van der Waals surface area contributed by atoms with E-state index in [1.54, 1.807) is 0 Å². The fourth-order valence-electron chi connectivity index (χ4n) is 5.54. The van der Waals surface area contributed by atoms with Gasteiger partial charge in [0.1, 0.15) is 5.82 Å². The Hall–Kier alpha value is -1.39. The van der Waals surface area contributed by atoms with Crippen LogP contribution in [0.25, 0.3) is 10.9 Å². The van der Waals surface area contributed by atoms with Crippen LogP contribution >= 0.6 is 12.4 Å². The predicted molar refractivity (Wildman–Crippen MR) is 174 cm³/mol. The van der Waals surface area contributed by atoms with Gasteiger partial charge in [-0.25, -0.2) is 4.98 Å². The molecule has 2 aromatic rings. The van der Waals surface area contributed by atoms with Crippen molar-refractivity contribution < 1.29 is 0 Å². The van der Waals surface area contributed by atoms with Crippen molar-refractivity contribution in [2.75, 3.05) is 20.6 Å². The number of nitrogens with zero attached hydrogens (tertiary/aromatic N) is 3. The summed E-state index contributed by atoms with van der Waals surface area (Å²) >= 11 is 0. The maximum atomic E-state index is 13.1. The van der Waals surface area contributed by atoms with Crippen molar-refractivity contribution in [3.05, 3.63) is 40.4 Å². The van der Waals surface area contributed by atoms with Gasteiger partial charge in [0.15, 0.2) is 0 Å². The number of fused-ring (bicyclic) bond motifs is 1. The minimum Gasteiger partial charge on any atom is -0.309 e. The van der Waals surface area contributed by atoms with Gasteiger partial charge in [-0.3, -0.25) is 9.36 Å². The smallest absolute Gasteiger partial charge is 0.261 e. The Kier molecular flexibility index (Phi) is 21.3. The molecule has 1 aromatic carbocycles. The first-order chi connectivity index (χ1) is 18.6. The zero-order valence-electron chi connectivity index (χ0n) is 25.7. The van der Waals surface area contributed by atoms with Crippen molar-refractivity contribution in [1.82, 2.24) is 14.5 Å². The van der Waals surface area contributed by atoms with Gasteiger partial charge in [0.25, 0.3) is 5.56 Å². The van der Waals surface area contributed by atoms with Crippen molar-refractivity contribution in [1.29, 1.82) is 0 Å². The third-order valence-electron chi connectivity index (χ3n) is 7.93. The average Bonchev–Trinajstić information content (AvgIpc) is 2.91. The molecule has 4 nitrogen and oxygen atoms in total. The second-order valence-corrected chi connectivity index (χ2v) is 11.8. The van der Waals surface area contributed by atoms with Crippen LogP contribution < -0.4 is 5.56 Å². The van der Waals surface area contributed by atoms with Crippen molar-refractivity contribution in [2.24, 2.45) is 0 Å². The van der Waals surface area contributed by atoms with Crippen molar-refractivity contribution >= 4 is 23.3 Å².